The van der Waals surface area contributed by atoms with Gasteiger partial charge in [0.2, 0.25) is 0 Å². The van der Waals surface area contributed by atoms with Crippen LogP contribution in [0.5, 0.6) is 0 Å². The van der Waals surface area contributed by atoms with E-state index in [1.165, 1.54) is 12.5 Å². The highest BCUT2D eigenvalue weighted by molar-refractivity contribution is 5.99. The van der Waals surface area contributed by atoms with E-state index in [4.69, 9.17) is 5.73 Å². The Morgan fingerprint density at radius 3 is 2.52 bits per heavy atom. The standard InChI is InChI=1S/C18H22N2O/c1-13(15-6-4-3-5-7-15)10-11-20-16-8-9-17(14(2)21)18(19)12-16/h3-9,12-13,20H,10-11,19H2,1-2H3. The summed E-state index contributed by atoms with van der Waals surface area (Å²) in [6, 6.07) is 16.0. The van der Waals surface area contributed by atoms with Crippen molar-refractivity contribution < 1.29 is 4.79 Å². The number of anilines is 2. The lowest BCUT2D eigenvalue weighted by atomic mass is 9.98. The Labute approximate surface area is 126 Å². The number of hydrogen-bond acceptors (Lipinski definition) is 3. The maximum Gasteiger partial charge on any atom is 0.161 e. The number of nitrogens with one attached hydrogen (secondary N) is 1. The Hall–Kier alpha value is -2.29. The lowest BCUT2D eigenvalue weighted by Gasteiger charge is -2.14. The van der Waals surface area contributed by atoms with Crippen LogP contribution in [0.3, 0.4) is 0 Å². The molecule has 2 aromatic carbocycles. The van der Waals surface area contributed by atoms with Gasteiger partial charge in [-0.2, -0.15) is 0 Å². The molecule has 21 heavy (non-hydrogen) atoms. The van der Waals surface area contributed by atoms with Crippen LogP contribution >= 0.6 is 0 Å². The van der Waals surface area contributed by atoms with Crippen LogP contribution in [-0.2, 0) is 0 Å². The lowest BCUT2D eigenvalue weighted by Crippen LogP contribution is -2.07. The first-order valence-electron chi connectivity index (χ1n) is 7.27. The molecule has 0 amide bonds. The summed E-state index contributed by atoms with van der Waals surface area (Å²) in [7, 11) is 0. The average molecular weight is 282 g/mol. The second-order valence-electron chi connectivity index (χ2n) is 5.39. The molecule has 110 valence electrons. The highest BCUT2D eigenvalue weighted by Gasteiger charge is 2.06. The molecule has 3 N–H and O–H groups in total. The van der Waals surface area contributed by atoms with Crippen molar-refractivity contribution in [1.29, 1.82) is 0 Å². The van der Waals surface area contributed by atoms with Crippen LogP contribution < -0.4 is 11.1 Å². The van der Waals surface area contributed by atoms with Crippen molar-refractivity contribution in [2.45, 2.75) is 26.2 Å². The second kappa shape index (κ2) is 6.93. The van der Waals surface area contributed by atoms with Gasteiger partial charge in [0, 0.05) is 23.5 Å². The van der Waals surface area contributed by atoms with Gasteiger partial charge in [-0.3, -0.25) is 4.79 Å². The Morgan fingerprint density at radius 1 is 1.19 bits per heavy atom. The Balaban J connectivity index is 1.89. The van der Waals surface area contributed by atoms with Gasteiger partial charge in [0.05, 0.1) is 0 Å². The zero-order valence-corrected chi connectivity index (χ0v) is 12.6. The van der Waals surface area contributed by atoms with Crippen LogP contribution in [0.15, 0.2) is 48.5 Å². The number of carbonyl (C=O) groups is 1. The first kappa shape index (κ1) is 15.1. The maximum absolute atomic E-state index is 11.3. The van der Waals surface area contributed by atoms with E-state index >= 15 is 0 Å². The van der Waals surface area contributed by atoms with Crippen LogP contribution in [-0.4, -0.2) is 12.3 Å². The summed E-state index contributed by atoms with van der Waals surface area (Å²) in [4.78, 5) is 11.3. The molecule has 2 rings (SSSR count). The number of Topliss-reactive ketones (excluding diaryl/α,β-unsaturated/α-hetero) is 1. The van der Waals surface area contributed by atoms with Crippen LogP contribution in [0.25, 0.3) is 0 Å². The molecule has 2 aromatic rings. The second-order valence-corrected chi connectivity index (χ2v) is 5.39. The molecule has 0 bridgehead atoms. The lowest BCUT2D eigenvalue weighted by molar-refractivity contribution is 0.101. The van der Waals surface area contributed by atoms with Crippen molar-refractivity contribution >= 4 is 17.2 Å². The van der Waals surface area contributed by atoms with Crippen molar-refractivity contribution in [3.8, 4) is 0 Å². The maximum atomic E-state index is 11.3. The van der Waals surface area contributed by atoms with E-state index < -0.39 is 0 Å². The van der Waals surface area contributed by atoms with Gasteiger partial charge in [0.25, 0.3) is 0 Å². The summed E-state index contributed by atoms with van der Waals surface area (Å²) in [5, 5.41) is 3.36. The van der Waals surface area contributed by atoms with Crippen LogP contribution in [0.2, 0.25) is 0 Å². The summed E-state index contributed by atoms with van der Waals surface area (Å²) in [6.07, 6.45) is 1.04. The largest absolute Gasteiger partial charge is 0.398 e. The predicted octanol–water partition coefficient (Wildman–Crippen LogP) is 4.08. The van der Waals surface area contributed by atoms with E-state index in [-0.39, 0.29) is 5.78 Å². The molecular weight excluding hydrogens is 260 g/mol. The van der Waals surface area contributed by atoms with E-state index in [2.05, 4.69) is 36.5 Å². The number of hydrogen-bond donors (Lipinski definition) is 2. The minimum Gasteiger partial charge on any atom is -0.398 e. The molecular formula is C18H22N2O. The van der Waals surface area contributed by atoms with Crippen molar-refractivity contribution in [2.75, 3.05) is 17.6 Å². The van der Waals surface area contributed by atoms with Gasteiger partial charge < -0.3 is 11.1 Å². The van der Waals surface area contributed by atoms with Gasteiger partial charge in [-0.05, 0) is 43.0 Å². The van der Waals surface area contributed by atoms with Crippen molar-refractivity contribution in [1.82, 2.24) is 0 Å². The predicted molar refractivity (Wildman–Crippen MR) is 88.8 cm³/mol. The molecule has 0 saturated carbocycles. The minimum atomic E-state index is -0.00301. The smallest absolute Gasteiger partial charge is 0.161 e. The number of rotatable bonds is 6. The normalized spacial score (nSPS) is 11.9. The van der Waals surface area contributed by atoms with E-state index in [1.54, 1.807) is 6.07 Å². The van der Waals surface area contributed by atoms with E-state index in [0.29, 0.717) is 17.2 Å². The third-order valence-electron chi connectivity index (χ3n) is 3.71. The number of nitrogens with two attached hydrogens (primary N) is 1. The van der Waals surface area contributed by atoms with Crippen molar-refractivity contribution in [2.24, 2.45) is 0 Å². The molecule has 0 radical (unpaired) electrons. The van der Waals surface area contributed by atoms with Crippen LogP contribution in [0.1, 0.15) is 42.1 Å². The topological polar surface area (TPSA) is 55.1 Å². The molecule has 0 fully saturated rings. The quantitative estimate of drug-likeness (QED) is 0.620. The van der Waals surface area contributed by atoms with E-state index in [9.17, 15) is 4.79 Å². The van der Waals surface area contributed by atoms with Crippen molar-refractivity contribution in [3.63, 3.8) is 0 Å². The molecule has 0 aliphatic carbocycles. The minimum absolute atomic E-state index is 0.00301. The summed E-state index contributed by atoms with van der Waals surface area (Å²) < 4.78 is 0. The summed E-state index contributed by atoms with van der Waals surface area (Å²) in [5.74, 6) is 0.504. The molecule has 0 heterocycles. The SMILES string of the molecule is CC(=O)c1ccc(NCCC(C)c2ccccc2)cc1N. The fraction of sp³-hybridized carbons (Fsp3) is 0.278. The molecule has 3 nitrogen and oxygen atoms in total. The summed E-state index contributed by atoms with van der Waals surface area (Å²) >= 11 is 0. The zero-order chi connectivity index (χ0) is 15.2. The highest BCUT2D eigenvalue weighted by atomic mass is 16.1. The molecule has 0 aromatic heterocycles. The molecule has 0 spiro atoms. The van der Waals surface area contributed by atoms with E-state index in [0.717, 1.165) is 18.7 Å². The molecule has 1 atom stereocenters. The third kappa shape index (κ3) is 4.09. The first-order valence-corrected chi connectivity index (χ1v) is 7.27. The average Bonchev–Trinajstić information content (AvgIpc) is 2.47. The number of ketones is 1. The highest BCUT2D eigenvalue weighted by Crippen LogP contribution is 2.21. The van der Waals surface area contributed by atoms with Gasteiger partial charge in [0.1, 0.15) is 0 Å². The first-order chi connectivity index (χ1) is 10.1. The van der Waals surface area contributed by atoms with E-state index in [1.807, 2.05) is 18.2 Å². The van der Waals surface area contributed by atoms with Crippen LogP contribution in [0.4, 0.5) is 11.4 Å². The Kier molecular flexibility index (Phi) is 4.99. The number of carbonyl (C=O) groups excluding carboxylic acids is 1. The Morgan fingerprint density at radius 2 is 1.90 bits per heavy atom. The Bertz CT molecular complexity index is 608. The molecule has 0 aliphatic rings. The fourth-order valence-corrected chi connectivity index (χ4v) is 2.37. The summed E-state index contributed by atoms with van der Waals surface area (Å²) in [5.41, 5.74) is 9.31. The van der Waals surface area contributed by atoms with Gasteiger partial charge in [0.15, 0.2) is 5.78 Å². The monoisotopic (exact) mass is 282 g/mol. The number of benzene rings is 2. The van der Waals surface area contributed by atoms with Gasteiger partial charge in [-0.1, -0.05) is 37.3 Å². The van der Waals surface area contributed by atoms with Crippen LogP contribution in [0, 0.1) is 0 Å². The molecule has 3 heteroatoms. The molecule has 0 saturated heterocycles. The molecule has 1 unspecified atom stereocenters. The number of nitrogen functional groups attached to an aromatic ring is 1. The van der Waals surface area contributed by atoms with Gasteiger partial charge in [-0.25, -0.2) is 0 Å². The van der Waals surface area contributed by atoms with Crippen molar-refractivity contribution in [3.05, 3.63) is 59.7 Å². The summed E-state index contributed by atoms with van der Waals surface area (Å²) in [6.45, 7) is 4.62. The van der Waals surface area contributed by atoms with Gasteiger partial charge in [-0.15, -0.1) is 0 Å². The third-order valence-corrected chi connectivity index (χ3v) is 3.71. The molecule has 0 aliphatic heterocycles. The fourth-order valence-electron chi connectivity index (χ4n) is 2.37. The van der Waals surface area contributed by atoms with Gasteiger partial charge >= 0.3 is 0 Å². The zero-order valence-electron chi connectivity index (χ0n) is 12.6.